The van der Waals surface area contributed by atoms with Gasteiger partial charge in [-0.3, -0.25) is 4.79 Å². The number of rotatable bonds is 2. The molecule has 13 heavy (non-hydrogen) atoms. The summed E-state index contributed by atoms with van der Waals surface area (Å²) in [5.41, 5.74) is 4.57. The molecular formula is C5H18AlNO5Zr. The Morgan fingerprint density at radius 2 is 1.69 bits per heavy atom. The zero-order valence-electron chi connectivity index (χ0n) is 6.82. The van der Waals surface area contributed by atoms with Crippen molar-refractivity contribution < 1.29 is 51.8 Å². The summed E-state index contributed by atoms with van der Waals surface area (Å²) in [7, 11) is 0. The van der Waals surface area contributed by atoms with Crippen molar-refractivity contribution in [1.82, 2.24) is 0 Å². The Bertz CT molecular complexity index is 95.0. The molecule has 0 radical (unpaired) electrons. The predicted octanol–water partition coefficient (Wildman–Crippen LogP) is -3.62. The Hall–Kier alpha value is 0.726. The smallest absolute Gasteiger partial charge is 0.317 e. The second-order valence-corrected chi connectivity index (χ2v) is 1.63. The predicted molar refractivity (Wildman–Crippen MR) is 49.0 cm³/mol. The summed E-state index contributed by atoms with van der Waals surface area (Å²) in [5, 5.41) is 23.6. The fraction of sp³-hybridized carbons (Fsp3) is 0.800. The van der Waals surface area contributed by atoms with E-state index in [1.807, 2.05) is 0 Å². The average Bonchev–Trinajstić information content (AvgIpc) is 1.89. The molecule has 0 aliphatic carbocycles. The third kappa shape index (κ3) is 65.6. The van der Waals surface area contributed by atoms with Gasteiger partial charge in [-0.2, -0.15) is 0 Å². The topological polar surface area (TPSA) is 135 Å². The molecule has 0 bridgehead atoms. The van der Waals surface area contributed by atoms with Crippen LogP contribution in [0.1, 0.15) is 6.92 Å². The van der Waals surface area contributed by atoms with E-state index in [1.165, 1.54) is 6.92 Å². The number of aliphatic hydroxyl groups excluding tert-OH is 2. The molecule has 0 aromatic rings. The first kappa shape index (κ1) is 29.2. The zero-order chi connectivity index (χ0) is 8.57. The molecule has 0 spiro atoms. The SMILES string of the molecule is CC(O)CO.NCC(=O)O.O.[AlH3].[Zr]. The Kier molecular flexibility index (Phi) is 51.6. The average molecular weight is 290 g/mol. The molecular weight excluding hydrogens is 272 g/mol. The maximum atomic E-state index is 9.24. The van der Waals surface area contributed by atoms with Crippen LogP contribution in [0.5, 0.6) is 0 Å². The second-order valence-electron chi connectivity index (χ2n) is 1.63. The van der Waals surface area contributed by atoms with Gasteiger partial charge in [0, 0.05) is 26.2 Å². The summed E-state index contributed by atoms with van der Waals surface area (Å²) in [4.78, 5) is 9.24. The normalized spacial score (nSPS) is 8.62. The van der Waals surface area contributed by atoms with E-state index in [0.717, 1.165) is 0 Å². The molecule has 0 amide bonds. The van der Waals surface area contributed by atoms with Crippen LogP contribution >= 0.6 is 0 Å². The number of carboxylic acid groups (broad SMARTS) is 1. The summed E-state index contributed by atoms with van der Waals surface area (Å²) in [6.07, 6.45) is -0.560. The number of carboxylic acids is 1. The monoisotopic (exact) mass is 289 g/mol. The van der Waals surface area contributed by atoms with Crippen molar-refractivity contribution in [2.75, 3.05) is 13.2 Å². The molecule has 80 valence electrons. The van der Waals surface area contributed by atoms with Crippen molar-refractivity contribution in [2.24, 2.45) is 5.73 Å². The number of nitrogens with two attached hydrogens (primary N) is 1. The molecule has 0 aromatic carbocycles. The molecule has 7 N–H and O–H groups in total. The molecule has 0 aromatic heterocycles. The van der Waals surface area contributed by atoms with Gasteiger partial charge in [0.2, 0.25) is 0 Å². The van der Waals surface area contributed by atoms with Crippen LogP contribution in [0.25, 0.3) is 0 Å². The first-order valence-electron chi connectivity index (χ1n) is 2.75. The maximum absolute atomic E-state index is 9.24. The third-order valence-corrected chi connectivity index (χ3v) is 0.439. The first-order valence-corrected chi connectivity index (χ1v) is 2.75. The Morgan fingerprint density at radius 3 is 1.69 bits per heavy atom. The Morgan fingerprint density at radius 1 is 1.54 bits per heavy atom. The van der Waals surface area contributed by atoms with Gasteiger partial charge in [-0.15, -0.1) is 0 Å². The van der Waals surface area contributed by atoms with Crippen molar-refractivity contribution in [1.29, 1.82) is 0 Å². The van der Waals surface area contributed by atoms with Crippen LogP contribution in [0.15, 0.2) is 0 Å². The molecule has 0 rings (SSSR count). The van der Waals surface area contributed by atoms with E-state index in [9.17, 15) is 4.79 Å². The van der Waals surface area contributed by atoms with Crippen LogP contribution in [-0.4, -0.2) is 63.4 Å². The minimum atomic E-state index is -0.968. The number of aliphatic hydroxyl groups is 2. The van der Waals surface area contributed by atoms with Gasteiger partial charge in [0.1, 0.15) is 0 Å². The van der Waals surface area contributed by atoms with E-state index in [4.69, 9.17) is 15.3 Å². The van der Waals surface area contributed by atoms with E-state index in [0.29, 0.717) is 0 Å². The molecule has 0 aliphatic rings. The summed E-state index contributed by atoms with van der Waals surface area (Å²) < 4.78 is 0. The molecule has 8 heteroatoms. The van der Waals surface area contributed by atoms with E-state index >= 15 is 0 Å². The summed E-state index contributed by atoms with van der Waals surface area (Å²) in [5.74, 6) is -0.968. The summed E-state index contributed by atoms with van der Waals surface area (Å²) >= 11 is 0. The van der Waals surface area contributed by atoms with E-state index < -0.39 is 12.1 Å². The van der Waals surface area contributed by atoms with Gasteiger partial charge in [0.05, 0.1) is 19.3 Å². The van der Waals surface area contributed by atoms with Gasteiger partial charge in [-0.1, -0.05) is 0 Å². The Balaban J connectivity index is -0.0000000267. The van der Waals surface area contributed by atoms with E-state index in [-0.39, 0.29) is 62.2 Å². The number of aliphatic carboxylic acids is 1. The fourth-order valence-corrected chi connectivity index (χ4v) is 0. The van der Waals surface area contributed by atoms with Crippen molar-refractivity contribution in [3.63, 3.8) is 0 Å². The Labute approximate surface area is 107 Å². The van der Waals surface area contributed by atoms with Crippen LogP contribution in [0, 0.1) is 0 Å². The van der Waals surface area contributed by atoms with Gasteiger partial charge in [-0.05, 0) is 6.92 Å². The number of hydrogen-bond donors (Lipinski definition) is 4. The van der Waals surface area contributed by atoms with Crippen molar-refractivity contribution >= 4 is 23.3 Å². The zero-order valence-corrected chi connectivity index (χ0v) is 9.28. The van der Waals surface area contributed by atoms with Gasteiger partial charge in [0.25, 0.3) is 0 Å². The van der Waals surface area contributed by atoms with Crippen LogP contribution in [0.2, 0.25) is 0 Å². The van der Waals surface area contributed by atoms with Crippen molar-refractivity contribution in [3.8, 4) is 0 Å². The van der Waals surface area contributed by atoms with Gasteiger partial charge < -0.3 is 26.5 Å². The quantitative estimate of drug-likeness (QED) is 0.389. The molecule has 1 atom stereocenters. The number of hydrogen-bond acceptors (Lipinski definition) is 4. The fourth-order valence-electron chi connectivity index (χ4n) is 0. The van der Waals surface area contributed by atoms with E-state index in [1.54, 1.807) is 0 Å². The van der Waals surface area contributed by atoms with E-state index in [2.05, 4.69) is 5.73 Å². The minimum Gasteiger partial charge on any atom is -0.480 e. The van der Waals surface area contributed by atoms with Gasteiger partial charge in [0.15, 0.2) is 17.4 Å². The third-order valence-electron chi connectivity index (χ3n) is 0.439. The molecule has 6 nitrogen and oxygen atoms in total. The maximum Gasteiger partial charge on any atom is 0.317 e. The molecule has 0 fully saturated rings. The molecule has 1 unspecified atom stereocenters. The molecule has 0 saturated heterocycles. The molecule has 0 aliphatic heterocycles. The van der Waals surface area contributed by atoms with Gasteiger partial charge in [-0.25, -0.2) is 0 Å². The van der Waals surface area contributed by atoms with Crippen LogP contribution in [-0.2, 0) is 31.0 Å². The summed E-state index contributed by atoms with van der Waals surface area (Å²) in [6, 6.07) is 0. The molecule has 0 saturated carbocycles. The summed E-state index contributed by atoms with van der Waals surface area (Å²) in [6.45, 7) is 1.11. The van der Waals surface area contributed by atoms with Gasteiger partial charge >= 0.3 is 5.97 Å². The largest absolute Gasteiger partial charge is 0.480 e. The number of carbonyl (C=O) groups is 1. The van der Waals surface area contributed by atoms with Crippen LogP contribution < -0.4 is 5.73 Å². The first-order chi connectivity index (χ1) is 4.54. The van der Waals surface area contributed by atoms with Crippen LogP contribution in [0.3, 0.4) is 0 Å². The second kappa shape index (κ2) is 23.0. The minimum absolute atomic E-state index is 0. The van der Waals surface area contributed by atoms with Crippen LogP contribution in [0.4, 0.5) is 0 Å². The van der Waals surface area contributed by atoms with Crippen molar-refractivity contribution in [3.05, 3.63) is 0 Å². The molecule has 0 heterocycles. The van der Waals surface area contributed by atoms with Crippen molar-refractivity contribution in [2.45, 2.75) is 13.0 Å². The standard InChI is InChI=1S/C3H8O2.C2H5NO2.Al.H2O.Zr.3H/c1-3(5)2-4;3-1-2(4)5;;;;;;/h3-5H,2H2,1H3;1,3H2,(H,4,5);;1H2;;;;.